The van der Waals surface area contributed by atoms with Gasteiger partial charge in [0.15, 0.2) is 0 Å². The molecule has 0 saturated carbocycles. The Morgan fingerprint density at radius 1 is 1.21 bits per heavy atom. The first kappa shape index (κ1) is 13.4. The van der Waals surface area contributed by atoms with Gasteiger partial charge < -0.3 is 0 Å². The van der Waals surface area contributed by atoms with E-state index >= 15 is 0 Å². The molecule has 0 saturated heterocycles. The number of hydrogen-bond acceptors (Lipinski definition) is 2. The lowest BCUT2D eigenvalue weighted by molar-refractivity contribution is 0.955. The molecule has 0 radical (unpaired) electrons. The zero-order chi connectivity index (χ0) is 14.2. The molecule has 0 aliphatic rings. The lowest BCUT2D eigenvalue weighted by Gasteiger charge is -2.11. The van der Waals surface area contributed by atoms with E-state index in [0.717, 1.165) is 16.7 Å². The van der Waals surface area contributed by atoms with E-state index in [9.17, 15) is 4.79 Å². The highest BCUT2D eigenvalue weighted by Crippen LogP contribution is 2.19. The molecule has 2 rings (SSSR count). The van der Waals surface area contributed by atoms with Gasteiger partial charge >= 0.3 is 0 Å². The van der Waals surface area contributed by atoms with E-state index in [2.05, 4.69) is 0 Å². The summed E-state index contributed by atoms with van der Waals surface area (Å²) in [5, 5.41) is 9.70. The van der Waals surface area contributed by atoms with Crippen molar-refractivity contribution in [3.8, 4) is 11.8 Å². The summed E-state index contributed by atoms with van der Waals surface area (Å²) in [6.07, 6.45) is 1.74. The van der Waals surface area contributed by atoms with Gasteiger partial charge in [0, 0.05) is 11.2 Å². The van der Waals surface area contributed by atoms with Gasteiger partial charge in [-0.1, -0.05) is 17.7 Å². The third kappa shape index (κ3) is 2.27. The summed E-state index contributed by atoms with van der Waals surface area (Å²) in [6.45, 7) is 5.56. The third-order valence-corrected chi connectivity index (χ3v) is 3.67. The average molecular weight is 273 g/mol. The molecule has 1 aromatic heterocycles. The minimum Gasteiger partial charge on any atom is -0.283 e. The van der Waals surface area contributed by atoms with E-state index in [0.29, 0.717) is 10.7 Å². The lowest BCUT2D eigenvalue weighted by atomic mass is 10.1. The Labute approximate surface area is 116 Å². The second kappa shape index (κ2) is 4.91. The SMILES string of the molecule is Cc1ccc(-n2cc(C)c(C)c(C#N)c2=O)cc1Cl. The zero-order valence-electron chi connectivity index (χ0n) is 11.0. The zero-order valence-corrected chi connectivity index (χ0v) is 11.7. The van der Waals surface area contributed by atoms with Crippen LogP contribution < -0.4 is 5.56 Å². The number of benzene rings is 1. The Hall–Kier alpha value is -2.05. The predicted molar refractivity (Wildman–Crippen MR) is 76.0 cm³/mol. The number of aryl methyl sites for hydroxylation is 2. The number of nitriles is 1. The van der Waals surface area contributed by atoms with Crippen molar-refractivity contribution >= 4 is 11.6 Å². The molecule has 0 bridgehead atoms. The smallest absolute Gasteiger partial charge is 0.273 e. The maximum atomic E-state index is 12.3. The van der Waals surface area contributed by atoms with Crippen molar-refractivity contribution < 1.29 is 0 Å². The number of rotatable bonds is 1. The van der Waals surface area contributed by atoms with Crippen molar-refractivity contribution in [3.05, 3.63) is 62.0 Å². The fourth-order valence-electron chi connectivity index (χ4n) is 1.88. The molecular formula is C15H13ClN2O. The van der Waals surface area contributed by atoms with Crippen LogP contribution >= 0.6 is 11.6 Å². The monoisotopic (exact) mass is 272 g/mol. The Morgan fingerprint density at radius 3 is 2.47 bits per heavy atom. The topological polar surface area (TPSA) is 45.8 Å². The molecule has 0 N–H and O–H groups in total. The molecule has 3 nitrogen and oxygen atoms in total. The van der Waals surface area contributed by atoms with Gasteiger partial charge in [0.05, 0.1) is 5.69 Å². The highest BCUT2D eigenvalue weighted by molar-refractivity contribution is 6.31. The van der Waals surface area contributed by atoms with Gasteiger partial charge in [0.25, 0.3) is 5.56 Å². The van der Waals surface area contributed by atoms with Crippen molar-refractivity contribution in [2.45, 2.75) is 20.8 Å². The van der Waals surface area contributed by atoms with Crippen LogP contribution in [0, 0.1) is 32.1 Å². The lowest BCUT2D eigenvalue weighted by Crippen LogP contribution is -2.22. The normalized spacial score (nSPS) is 10.3. The van der Waals surface area contributed by atoms with Gasteiger partial charge in [-0.15, -0.1) is 0 Å². The van der Waals surface area contributed by atoms with Crippen LogP contribution in [-0.2, 0) is 0 Å². The minimum absolute atomic E-state index is 0.177. The molecule has 0 fully saturated rings. The standard InChI is InChI=1S/C15H13ClN2O/c1-9-4-5-12(6-14(9)16)18-8-10(2)11(3)13(7-17)15(18)19/h4-6,8H,1-3H3. The van der Waals surface area contributed by atoms with Crippen molar-refractivity contribution in [2.24, 2.45) is 0 Å². The van der Waals surface area contributed by atoms with E-state index in [1.165, 1.54) is 4.57 Å². The molecule has 0 atom stereocenters. The van der Waals surface area contributed by atoms with Crippen molar-refractivity contribution in [3.63, 3.8) is 0 Å². The first-order valence-corrected chi connectivity index (χ1v) is 6.23. The largest absolute Gasteiger partial charge is 0.283 e. The van der Waals surface area contributed by atoms with Crippen LogP contribution in [-0.4, -0.2) is 4.57 Å². The summed E-state index contributed by atoms with van der Waals surface area (Å²) in [5.74, 6) is 0. The molecule has 0 aliphatic heterocycles. The van der Waals surface area contributed by atoms with Crippen molar-refractivity contribution in [1.82, 2.24) is 4.57 Å². The Morgan fingerprint density at radius 2 is 1.89 bits per heavy atom. The van der Waals surface area contributed by atoms with E-state index < -0.39 is 0 Å². The van der Waals surface area contributed by atoms with E-state index in [1.54, 1.807) is 19.2 Å². The summed E-state index contributed by atoms with van der Waals surface area (Å²) >= 11 is 6.08. The molecule has 1 aromatic carbocycles. The third-order valence-electron chi connectivity index (χ3n) is 3.27. The van der Waals surface area contributed by atoms with Crippen LogP contribution in [0.4, 0.5) is 0 Å². The Bertz CT molecular complexity index is 754. The summed E-state index contributed by atoms with van der Waals surface area (Å²) in [4.78, 5) is 12.3. The highest BCUT2D eigenvalue weighted by atomic mass is 35.5. The molecule has 0 amide bonds. The second-order valence-electron chi connectivity index (χ2n) is 4.53. The first-order valence-electron chi connectivity index (χ1n) is 5.85. The summed E-state index contributed by atoms with van der Waals surface area (Å²) in [7, 11) is 0. The molecule has 0 unspecified atom stereocenters. The number of pyridine rings is 1. The summed E-state index contributed by atoms with van der Waals surface area (Å²) < 4.78 is 1.46. The van der Waals surface area contributed by atoms with Gasteiger partial charge in [-0.25, -0.2) is 0 Å². The van der Waals surface area contributed by atoms with Crippen LogP contribution in [0.15, 0.2) is 29.2 Å². The number of halogens is 1. The molecule has 4 heteroatoms. The van der Waals surface area contributed by atoms with Crippen LogP contribution in [0.25, 0.3) is 5.69 Å². The van der Waals surface area contributed by atoms with Crippen LogP contribution in [0.2, 0.25) is 5.02 Å². The Kier molecular flexibility index (Phi) is 3.46. The van der Waals surface area contributed by atoms with Gasteiger partial charge in [0.2, 0.25) is 0 Å². The minimum atomic E-state index is -0.314. The molecule has 2 aromatic rings. The number of aromatic nitrogens is 1. The quantitative estimate of drug-likeness (QED) is 0.800. The van der Waals surface area contributed by atoms with Crippen molar-refractivity contribution in [2.75, 3.05) is 0 Å². The highest BCUT2D eigenvalue weighted by Gasteiger charge is 2.11. The summed E-state index contributed by atoms with van der Waals surface area (Å²) in [6, 6.07) is 7.38. The maximum absolute atomic E-state index is 12.3. The van der Waals surface area contributed by atoms with Gasteiger partial charge in [-0.3, -0.25) is 9.36 Å². The van der Waals surface area contributed by atoms with Crippen molar-refractivity contribution in [1.29, 1.82) is 5.26 Å². The number of hydrogen-bond donors (Lipinski definition) is 0. The predicted octanol–water partition coefficient (Wildman–Crippen LogP) is 3.29. The van der Waals surface area contributed by atoms with Crippen LogP contribution in [0.3, 0.4) is 0 Å². The molecule has 19 heavy (non-hydrogen) atoms. The fraction of sp³-hybridized carbons (Fsp3) is 0.200. The average Bonchev–Trinajstić information content (AvgIpc) is 2.38. The van der Waals surface area contributed by atoms with Crippen LogP contribution in [0.5, 0.6) is 0 Å². The van der Waals surface area contributed by atoms with Crippen LogP contribution in [0.1, 0.15) is 22.3 Å². The molecular weight excluding hydrogens is 260 g/mol. The van der Waals surface area contributed by atoms with E-state index in [4.69, 9.17) is 16.9 Å². The van der Waals surface area contributed by atoms with Gasteiger partial charge in [-0.2, -0.15) is 5.26 Å². The number of nitrogens with zero attached hydrogens (tertiary/aromatic N) is 2. The van der Waals surface area contributed by atoms with Gasteiger partial charge in [-0.05, 0) is 49.6 Å². The van der Waals surface area contributed by atoms with E-state index in [-0.39, 0.29) is 11.1 Å². The molecule has 96 valence electrons. The second-order valence-corrected chi connectivity index (χ2v) is 4.94. The Balaban J connectivity index is 2.77. The molecule has 1 heterocycles. The van der Waals surface area contributed by atoms with E-state index in [1.807, 2.05) is 32.0 Å². The molecule has 0 spiro atoms. The van der Waals surface area contributed by atoms with Gasteiger partial charge in [0.1, 0.15) is 11.6 Å². The first-order chi connectivity index (χ1) is 8.95. The summed E-state index contributed by atoms with van der Waals surface area (Å²) in [5.41, 5.74) is 3.10. The molecule has 0 aliphatic carbocycles. The maximum Gasteiger partial charge on any atom is 0.273 e. The fourth-order valence-corrected chi connectivity index (χ4v) is 2.06.